The molecule has 0 spiro atoms. The molecule has 0 unspecified atom stereocenters. The van der Waals surface area contributed by atoms with Crippen LogP contribution in [0, 0.1) is 12.7 Å². The molecule has 5 nitrogen and oxygen atoms in total. The Labute approximate surface area is 102 Å². The largest absolute Gasteiger partial charge is 0.481 e. The van der Waals surface area contributed by atoms with Crippen LogP contribution in [0.25, 0.3) is 10.9 Å². The molecule has 0 aliphatic rings. The molecule has 6 heteroatoms. The molecule has 2 rings (SSSR count). The summed E-state index contributed by atoms with van der Waals surface area (Å²) < 4.78 is 14.4. The van der Waals surface area contributed by atoms with E-state index in [0.29, 0.717) is 16.6 Å². The number of aryl methyl sites for hydroxylation is 2. The number of carboxylic acids is 1. The molecule has 0 amide bonds. The third kappa shape index (κ3) is 2.22. The fraction of sp³-hybridized carbons (Fsp3) is 0.250. The molecule has 0 atom stereocenters. The second kappa shape index (κ2) is 4.56. The number of fused-ring (bicyclic) bond motifs is 1. The maximum absolute atomic E-state index is 13.2. The number of aromatic nitrogens is 2. The molecule has 0 fully saturated rings. The predicted octanol–water partition coefficient (Wildman–Crippen LogP) is 1.32. The molecule has 1 aromatic heterocycles. The SMILES string of the molecule is Cc1nc(=O)n(CCC(=O)O)c2ccc(F)cc12. The van der Waals surface area contributed by atoms with E-state index >= 15 is 0 Å². The topological polar surface area (TPSA) is 72.2 Å². The minimum Gasteiger partial charge on any atom is -0.481 e. The van der Waals surface area contributed by atoms with Crippen LogP contribution in [-0.2, 0) is 11.3 Å². The van der Waals surface area contributed by atoms with Gasteiger partial charge in [0.2, 0.25) is 0 Å². The Bertz CT molecular complexity index is 679. The minimum atomic E-state index is -1.00. The second-order valence-electron chi connectivity index (χ2n) is 3.94. The smallest absolute Gasteiger partial charge is 0.348 e. The summed E-state index contributed by atoms with van der Waals surface area (Å²) in [7, 11) is 0. The summed E-state index contributed by atoms with van der Waals surface area (Å²) in [6.07, 6.45) is -0.183. The average molecular weight is 250 g/mol. The van der Waals surface area contributed by atoms with Crippen LogP contribution < -0.4 is 5.69 Å². The highest BCUT2D eigenvalue weighted by Crippen LogP contribution is 2.16. The van der Waals surface area contributed by atoms with Crippen LogP contribution in [0.5, 0.6) is 0 Å². The predicted molar refractivity (Wildman–Crippen MR) is 63.0 cm³/mol. The van der Waals surface area contributed by atoms with Crippen molar-refractivity contribution in [2.45, 2.75) is 19.9 Å². The number of hydrogen-bond acceptors (Lipinski definition) is 3. The standard InChI is InChI=1S/C12H11FN2O3/c1-7-9-6-8(13)2-3-10(9)15(12(18)14-7)5-4-11(16)17/h2-3,6H,4-5H2,1H3,(H,16,17). The number of aliphatic carboxylic acids is 1. The third-order valence-corrected chi connectivity index (χ3v) is 2.68. The van der Waals surface area contributed by atoms with Crippen molar-refractivity contribution in [3.05, 3.63) is 40.2 Å². The highest BCUT2D eigenvalue weighted by Gasteiger charge is 2.09. The number of hydrogen-bond donors (Lipinski definition) is 1. The molecule has 1 N–H and O–H groups in total. The summed E-state index contributed by atoms with van der Waals surface area (Å²) in [5.74, 6) is -1.42. The van der Waals surface area contributed by atoms with Crippen LogP contribution in [0.1, 0.15) is 12.1 Å². The van der Waals surface area contributed by atoms with Gasteiger partial charge in [-0.25, -0.2) is 9.18 Å². The van der Waals surface area contributed by atoms with E-state index in [2.05, 4.69) is 4.98 Å². The van der Waals surface area contributed by atoms with Gasteiger partial charge in [-0.3, -0.25) is 9.36 Å². The lowest BCUT2D eigenvalue weighted by molar-refractivity contribution is -0.137. The highest BCUT2D eigenvalue weighted by atomic mass is 19.1. The van der Waals surface area contributed by atoms with Gasteiger partial charge in [-0.2, -0.15) is 4.98 Å². The van der Waals surface area contributed by atoms with Crippen LogP contribution in [-0.4, -0.2) is 20.6 Å². The van der Waals surface area contributed by atoms with E-state index < -0.39 is 17.5 Å². The number of carboxylic acid groups (broad SMARTS) is 1. The molecule has 0 aliphatic carbocycles. The Kier molecular flexibility index (Phi) is 3.10. The first-order valence-electron chi connectivity index (χ1n) is 5.37. The zero-order chi connectivity index (χ0) is 13.3. The zero-order valence-corrected chi connectivity index (χ0v) is 9.68. The van der Waals surface area contributed by atoms with Gasteiger partial charge in [0.05, 0.1) is 17.6 Å². The van der Waals surface area contributed by atoms with Crippen LogP contribution in [0.4, 0.5) is 4.39 Å². The Morgan fingerprint density at radius 1 is 1.50 bits per heavy atom. The maximum Gasteiger partial charge on any atom is 0.348 e. The number of halogens is 1. The molecule has 0 saturated carbocycles. The lowest BCUT2D eigenvalue weighted by atomic mass is 10.2. The molecular formula is C12H11FN2O3. The van der Waals surface area contributed by atoms with E-state index in [1.54, 1.807) is 6.92 Å². The summed E-state index contributed by atoms with van der Waals surface area (Å²) in [4.78, 5) is 26.0. The normalized spacial score (nSPS) is 10.8. The van der Waals surface area contributed by atoms with Crippen molar-refractivity contribution in [3.63, 3.8) is 0 Å². The lowest BCUT2D eigenvalue weighted by Gasteiger charge is -2.09. The maximum atomic E-state index is 13.2. The number of carbonyl (C=O) groups is 1. The van der Waals surface area contributed by atoms with E-state index in [1.807, 2.05) is 0 Å². The van der Waals surface area contributed by atoms with Crippen molar-refractivity contribution in [1.29, 1.82) is 0 Å². The van der Waals surface area contributed by atoms with Gasteiger partial charge < -0.3 is 5.11 Å². The third-order valence-electron chi connectivity index (χ3n) is 2.68. The first kappa shape index (κ1) is 12.2. The van der Waals surface area contributed by atoms with E-state index in [9.17, 15) is 14.0 Å². The van der Waals surface area contributed by atoms with Crippen molar-refractivity contribution < 1.29 is 14.3 Å². The van der Waals surface area contributed by atoms with Crippen LogP contribution >= 0.6 is 0 Å². The van der Waals surface area contributed by atoms with Gasteiger partial charge in [0.1, 0.15) is 5.82 Å². The van der Waals surface area contributed by atoms with Crippen molar-refractivity contribution in [2.75, 3.05) is 0 Å². The Hall–Kier alpha value is -2.24. The van der Waals surface area contributed by atoms with Gasteiger partial charge in [0.15, 0.2) is 0 Å². The van der Waals surface area contributed by atoms with E-state index in [-0.39, 0.29) is 13.0 Å². The van der Waals surface area contributed by atoms with Gasteiger partial charge in [0.25, 0.3) is 0 Å². The summed E-state index contributed by atoms with van der Waals surface area (Å²) >= 11 is 0. The number of rotatable bonds is 3. The van der Waals surface area contributed by atoms with Crippen LogP contribution in [0.15, 0.2) is 23.0 Å². The lowest BCUT2D eigenvalue weighted by Crippen LogP contribution is -2.25. The summed E-state index contributed by atoms with van der Waals surface area (Å²) in [5.41, 5.74) is 0.407. The molecule has 0 saturated heterocycles. The van der Waals surface area contributed by atoms with E-state index in [0.717, 1.165) is 0 Å². The molecule has 2 aromatic rings. The summed E-state index contributed by atoms with van der Waals surface area (Å²) in [5, 5.41) is 9.15. The fourth-order valence-electron chi connectivity index (χ4n) is 1.82. The average Bonchev–Trinajstić information content (AvgIpc) is 2.29. The van der Waals surface area contributed by atoms with Crippen LogP contribution in [0.2, 0.25) is 0 Å². The van der Waals surface area contributed by atoms with Gasteiger partial charge in [-0.15, -0.1) is 0 Å². The molecule has 1 heterocycles. The quantitative estimate of drug-likeness (QED) is 0.891. The van der Waals surface area contributed by atoms with Crippen molar-refractivity contribution in [3.8, 4) is 0 Å². The first-order chi connectivity index (χ1) is 8.49. The van der Waals surface area contributed by atoms with E-state index in [1.165, 1.54) is 22.8 Å². The van der Waals surface area contributed by atoms with Gasteiger partial charge >= 0.3 is 11.7 Å². The first-order valence-corrected chi connectivity index (χ1v) is 5.37. The molecule has 0 aliphatic heterocycles. The van der Waals surface area contributed by atoms with Gasteiger partial charge in [-0.1, -0.05) is 0 Å². The fourth-order valence-corrected chi connectivity index (χ4v) is 1.82. The monoisotopic (exact) mass is 250 g/mol. The van der Waals surface area contributed by atoms with E-state index in [4.69, 9.17) is 5.11 Å². The minimum absolute atomic E-state index is 0.0174. The van der Waals surface area contributed by atoms with Crippen molar-refractivity contribution >= 4 is 16.9 Å². The van der Waals surface area contributed by atoms with Crippen molar-refractivity contribution in [1.82, 2.24) is 9.55 Å². The Morgan fingerprint density at radius 3 is 2.89 bits per heavy atom. The number of benzene rings is 1. The van der Waals surface area contributed by atoms with Gasteiger partial charge in [0, 0.05) is 11.9 Å². The van der Waals surface area contributed by atoms with Crippen LogP contribution in [0.3, 0.4) is 0 Å². The summed E-state index contributed by atoms with van der Waals surface area (Å²) in [6, 6.07) is 3.98. The molecule has 94 valence electrons. The Balaban J connectivity index is 2.64. The van der Waals surface area contributed by atoms with Crippen molar-refractivity contribution in [2.24, 2.45) is 0 Å². The molecule has 0 radical (unpaired) electrons. The summed E-state index contributed by atoms with van der Waals surface area (Å²) in [6.45, 7) is 1.63. The molecule has 0 bridgehead atoms. The molecular weight excluding hydrogens is 239 g/mol. The Morgan fingerprint density at radius 2 is 2.22 bits per heavy atom. The molecule has 18 heavy (non-hydrogen) atoms. The zero-order valence-electron chi connectivity index (χ0n) is 9.68. The van der Waals surface area contributed by atoms with Gasteiger partial charge in [-0.05, 0) is 25.1 Å². The number of nitrogens with zero attached hydrogens (tertiary/aromatic N) is 2. The second-order valence-corrected chi connectivity index (χ2v) is 3.94. The highest BCUT2D eigenvalue weighted by molar-refractivity contribution is 5.81. The molecule has 1 aromatic carbocycles.